The minimum absolute atomic E-state index is 0.203. The summed E-state index contributed by atoms with van der Waals surface area (Å²) in [4.78, 5) is 4.60. The molecule has 2 rings (SSSR count). The van der Waals surface area contributed by atoms with Gasteiger partial charge in [-0.05, 0) is 36.3 Å². The molecule has 0 unspecified atom stereocenters. The number of rotatable bonds is 10. The first-order valence-electron chi connectivity index (χ1n) is 9.76. The number of nitrogens with one attached hydrogen (secondary N) is 1. The molecule has 6 heteroatoms. The van der Waals surface area contributed by atoms with Crippen molar-refractivity contribution in [2.75, 3.05) is 45.9 Å². The van der Waals surface area contributed by atoms with E-state index >= 15 is 0 Å². The largest absolute Gasteiger partial charge is 0.379 e. The molecule has 0 spiro atoms. The molecule has 0 radical (unpaired) electrons. The number of benzene rings is 1. The highest BCUT2D eigenvalue weighted by Crippen LogP contribution is 2.08. The molecule has 1 N–H and O–H groups in total. The van der Waals surface area contributed by atoms with Crippen LogP contribution in [0.25, 0.3) is 0 Å². The highest BCUT2D eigenvalue weighted by Gasteiger charge is 2.15. The molecule has 0 aromatic heterocycles. The van der Waals surface area contributed by atoms with Crippen molar-refractivity contribution in [1.82, 2.24) is 15.1 Å². The quantitative estimate of drug-likeness (QED) is 0.495. The molecule has 1 saturated heterocycles. The number of morpholine rings is 1. The lowest BCUT2D eigenvalue weighted by molar-refractivity contribution is 0.0357. The van der Waals surface area contributed by atoms with Crippen molar-refractivity contribution >= 4 is 17.3 Å². The van der Waals surface area contributed by atoms with E-state index < -0.39 is 0 Å². The minimum Gasteiger partial charge on any atom is -0.379 e. The number of thiocarbonyl (C=S) groups is 1. The maximum Gasteiger partial charge on any atom is 0.169 e. The molecule has 1 aliphatic rings. The normalized spacial score (nSPS) is 15.0. The molecule has 0 bridgehead atoms. The van der Waals surface area contributed by atoms with Crippen molar-refractivity contribution in [2.45, 2.75) is 39.2 Å². The molecular formula is C20H32FN3OS. The second-order valence-corrected chi connectivity index (χ2v) is 7.18. The van der Waals surface area contributed by atoms with Gasteiger partial charge >= 0.3 is 0 Å². The van der Waals surface area contributed by atoms with E-state index in [1.165, 1.54) is 31.4 Å². The number of nitrogens with zero attached hydrogens (tertiary/aromatic N) is 2. The van der Waals surface area contributed by atoms with Gasteiger partial charge in [0.05, 0.1) is 13.2 Å². The van der Waals surface area contributed by atoms with E-state index in [2.05, 4.69) is 22.0 Å². The van der Waals surface area contributed by atoms with Gasteiger partial charge in [0.2, 0.25) is 0 Å². The van der Waals surface area contributed by atoms with Crippen LogP contribution in [0.2, 0.25) is 0 Å². The molecule has 0 atom stereocenters. The first-order chi connectivity index (χ1) is 12.7. The Morgan fingerprint density at radius 2 is 1.92 bits per heavy atom. The Morgan fingerprint density at radius 3 is 2.62 bits per heavy atom. The number of halogens is 1. The fraction of sp³-hybridized carbons (Fsp3) is 0.650. The number of hydrogen-bond acceptors (Lipinski definition) is 3. The van der Waals surface area contributed by atoms with E-state index in [-0.39, 0.29) is 5.82 Å². The highest BCUT2D eigenvalue weighted by atomic mass is 32.1. The predicted molar refractivity (Wildman–Crippen MR) is 109 cm³/mol. The molecule has 1 aromatic rings. The summed E-state index contributed by atoms with van der Waals surface area (Å²) >= 11 is 5.64. The summed E-state index contributed by atoms with van der Waals surface area (Å²) < 4.78 is 18.6. The van der Waals surface area contributed by atoms with Gasteiger partial charge in [-0.3, -0.25) is 4.90 Å². The molecule has 4 nitrogen and oxygen atoms in total. The van der Waals surface area contributed by atoms with Crippen molar-refractivity contribution in [3.8, 4) is 0 Å². The highest BCUT2D eigenvalue weighted by molar-refractivity contribution is 7.80. The van der Waals surface area contributed by atoms with E-state index in [1.54, 1.807) is 0 Å². The molecule has 0 saturated carbocycles. The molecule has 1 fully saturated rings. The minimum atomic E-state index is -0.203. The maximum atomic E-state index is 13.2. The maximum absolute atomic E-state index is 13.2. The third-order valence-electron chi connectivity index (χ3n) is 4.67. The Hall–Kier alpha value is -1.24. The van der Waals surface area contributed by atoms with E-state index in [0.29, 0.717) is 6.54 Å². The summed E-state index contributed by atoms with van der Waals surface area (Å²) in [6, 6.07) is 6.69. The van der Waals surface area contributed by atoms with Crippen LogP contribution >= 0.6 is 12.2 Å². The summed E-state index contributed by atoms with van der Waals surface area (Å²) in [5, 5.41) is 4.19. The molecular weight excluding hydrogens is 349 g/mol. The van der Waals surface area contributed by atoms with Crippen molar-refractivity contribution in [3.05, 3.63) is 35.6 Å². The number of hydrogen-bond donors (Lipinski definition) is 1. The topological polar surface area (TPSA) is 27.7 Å². The fourth-order valence-electron chi connectivity index (χ4n) is 3.01. The van der Waals surface area contributed by atoms with Crippen LogP contribution in [0.1, 0.15) is 38.2 Å². The molecule has 0 aliphatic carbocycles. The van der Waals surface area contributed by atoms with Crippen LogP contribution in [0.3, 0.4) is 0 Å². The summed E-state index contributed by atoms with van der Waals surface area (Å²) in [7, 11) is 0. The van der Waals surface area contributed by atoms with Gasteiger partial charge in [-0.15, -0.1) is 0 Å². The van der Waals surface area contributed by atoms with Crippen LogP contribution < -0.4 is 5.32 Å². The molecule has 0 amide bonds. The Bertz CT molecular complexity index is 520. The fourth-order valence-corrected chi connectivity index (χ4v) is 3.27. The van der Waals surface area contributed by atoms with Gasteiger partial charge < -0.3 is 15.0 Å². The Kier molecular flexibility index (Phi) is 9.89. The van der Waals surface area contributed by atoms with Crippen LogP contribution in [-0.2, 0) is 11.3 Å². The van der Waals surface area contributed by atoms with Gasteiger partial charge in [0.25, 0.3) is 0 Å². The van der Waals surface area contributed by atoms with E-state index in [9.17, 15) is 4.39 Å². The van der Waals surface area contributed by atoms with Crippen LogP contribution in [0.15, 0.2) is 24.3 Å². The van der Waals surface area contributed by atoms with Crippen molar-refractivity contribution in [1.29, 1.82) is 0 Å². The van der Waals surface area contributed by atoms with Crippen molar-refractivity contribution < 1.29 is 9.13 Å². The van der Waals surface area contributed by atoms with Crippen LogP contribution in [0, 0.1) is 5.82 Å². The zero-order chi connectivity index (χ0) is 18.6. The molecule has 146 valence electrons. The van der Waals surface area contributed by atoms with Gasteiger partial charge in [0, 0.05) is 39.3 Å². The van der Waals surface area contributed by atoms with Crippen molar-refractivity contribution in [2.24, 2.45) is 0 Å². The average molecular weight is 382 g/mol. The lowest BCUT2D eigenvalue weighted by Gasteiger charge is -2.31. The third-order valence-corrected chi connectivity index (χ3v) is 5.07. The second-order valence-electron chi connectivity index (χ2n) is 6.79. The molecule has 26 heavy (non-hydrogen) atoms. The Morgan fingerprint density at radius 1 is 1.19 bits per heavy atom. The van der Waals surface area contributed by atoms with Crippen LogP contribution in [-0.4, -0.2) is 60.8 Å². The zero-order valence-corrected chi connectivity index (χ0v) is 16.7. The van der Waals surface area contributed by atoms with Gasteiger partial charge in [-0.1, -0.05) is 38.3 Å². The van der Waals surface area contributed by atoms with E-state index in [1.807, 2.05) is 12.1 Å². The summed E-state index contributed by atoms with van der Waals surface area (Å²) in [5.41, 5.74) is 1.07. The molecule has 1 aromatic carbocycles. The summed E-state index contributed by atoms with van der Waals surface area (Å²) in [5.74, 6) is -0.203. The second kappa shape index (κ2) is 12.2. The van der Waals surface area contributed by atoms with Gasteiger partial charge in [0.15, 0.2) is 5.11 Å². The summed E-state index contributed by atoms with van der Waals surface area (Å²) in [6.45, 7) is 9.20. The average Bonchev–Trinajstić information content (AvgIpc) is 2.67. The van der Waals surface area contributed by atoms with Crippen LogP contribution in [0.4, 0.5) is 4.39 Å². The van der Waals surface area contributed by atoms with Gasteiger partial charge in [-0.2, -0.15) is 0 Å². The predicted octanol–water partition coefficient (Wildman–Crippen LogP) is 3.41. The first-order valence-corrected chi connectivity index (χ1v) is 10.2. The SMILES string of the molecule is CCCCCCNC(=S)N(CCN1CCOCC1)Cc1ccc(F)cc1. The number of unbranched alkanes of at least 4 members (excludes halogenated alkanes) is 3. The van der Waals surface area contributed by atoms with E-state index in [4.69, 9.17) is 17.0 Å². The van der Waals surface area contributed by atoms with Gasteiger partial charge in [0.1, 0.15) is 5.82 Å². The molecule has 1 aliphatic heterocycles. The lowest BCUT2D eigenvalue weighted by atomic mass is 10.2. The third kappa shape index (κ3) is 7.98. The smallest absolute Gasteiger partial charge is 0.169 e. The Labute approximate surface area is 162 Å². The van der Waals surface area contributed by atoms with E-state index in [0.717, 1.165) is 63.0 Å². The van der Waals surface area contributed by atoms with Crippen LogP contribution in [0.5, 0.6) is 0 Å². The summed E-state index contributed by atoms with van der Waals surface area (Å²) in [6.07, 6.45) is 4.88. The van der Waals surface area contributed by atoms with Crippen molar-refractivity contribution in [3.63, 3.8) is 0 Å². The molecule has 1 heterocycles. The first kappa shape index (κ1) is 21.1. The number of ether oxygens (including phenoxy) is 1. The standard InChI is InChI=1S/C20H32FN3OS/c1-2-3-4-5-10-22-20(26)24(12-11-23-13-15-25-16-14-23)17-18-6-8-19(21)9-7-18/h6-9H,2-5,10-17H2,1H3,(H,22,26). The van der Waals surface area contributed by atoms with Gasteiger partial charge in [-0.25, -0.2) is 4.39 Å². The lowest BCUT2D eigenvalue weighted by Crippen LogP contribution is -2.45. The monoisotopic (exact) mass is 381 g/mol. The Balaban J connectivity index is 1.86. The zero-order valence-electron chi connectivity index (χ0n) is 15.9.